The lowest BCUT2D eigenvalue weighted by Gasteiger charge is -2.10. The maximum atomic E-state index is 6.39. The van der Waals surface area contributed by atoms with E-state index in [0.717, 1.165) is 66.6 Å². The summed E-state index contributed by atoms with van der Waals surface area (Å²) in [7, 11) is 0. The van der Waals surface area contributed by atoms with Gasteiger partial charge in [0.25, 0.3) is 0 Å². The largest absolute Gasteiger partial charge is 0.456 e. The maximum Gasteiger partial charge on any atom is 0.164 e. The van der Waals surface area contributed by atoms with E-state index in [1.54, 1.807) is 0 Å². The molecule has 0 aliphatic heterocycles. The lowest BCUT2D eigenvalue weighted by Crippen LogP contribution is -2.00. The first kappa shape index (κ1) is 31.9. The fourth-order valence-corrected chi connectivity index (χ4v) is 7.92. The molecule has 0 fully saturated rings. The van der Waals surface area contributed by atoms with Gasteiger partial charge in [0.2, 0.25) is 0 Å². The quantitative estimate of drug-likeness (QED) is 0.172. The average Bonchev–Trinajstić information content (AvgIpc) is 3.82. The van der Waals surface area contributed by atoms with Crippen molar-refractivity contribution in [3.05, 3.63) is 194 Å². The monoisotopic (exact) mass is 716 g/mol. The zero-order chi connectivity index (χ0) is 37.0. The molecule has 0 N–H and O–H groups in total. The van der Waals surface area contributed by atoms with E-state index in [0.29, 0.717) is 17.5 Å². The van der Waals surface area contributed by atoms with Crippen molar-refractivity contribution >= 4 is 43.7 Å². The van der Waals surface area contributed by atoms with Crippen molar-refractivity contribution in [2.45, 2.75) is 0 Å². The first-order valence-corrected chi connectivity index (χ1v) is 18.8. The number of fused-ring (bicyclic) bond motifs is 6. The molecule has 262 valence electrons. The molecule has 0 unspecified atom stereocenters. The van der Waals surface area contributed by atoms with Crippen molar-refractivity contribution in [3.8, 4) is 62.1 Å². The minimum Gasteiger partial charge on any atom is -0.456 e. The predicted octanol–water partition coefficient (Wildman–Crippen LogP) is 13.2. The second-order valence-corrected chi connectivity index (χ2v) is 14.1. The van der Waals surface area contributed by atoms with E-state index in [-0.39, 0.29) is 0 Å². The minimum absolute atomic E-state index is 0.628. The molecule has 0 bridgehead atoms. The number of rotatable bonds is 6. The van der Waals surface area contributed by atoms with E-state index < -0.39 is 0 Å². The molecule has 3 aromatic heterocycles. The van der Waals surface area contributed by atoms with Crippen LogP contribution in [0.2, 0.25) is 0 Å². The van der Waals surface area contributed by atoms with Gasteiger partial charge in [0.05, 0.1) is 11.0 Å². The first-order valence-electron chi connectivity index (χ1n) is 18.8. The minimum atomic E-state index is 0.628. The van der Waals surface area contributed by atoms with Gasteiger partial charge in [-0.05, 0) is 82.9 Å². The summed E-state index contributed by atoms with van der Waals surface area (Å²) in [5.74, 6) is 1.91. The van der Waals surface area contributed by atoms with Crippen LogP contribution in [0, 0.1) is 0 Å². The van der Waals surface area contributed by atoms with Gasteiger partial charge in [0, 0.05) is 43.9 Å². The summed E-state index contributed by atoms with van der Waals surface area (Å²) in [6.07, 6.45) is 0. The first-order chi connectivity index (χ1) is 27.7. The zero-order valence-electron chi connectivity index (χ0n) is 30.2. The van der Waals surface area contributed by atoms with Gasteiger partial charge in [-0.25, -0.2) is 15.0 Å². The standard InChI is InChI=1S/C51H32N4O/c1-4-13-33(14-5-1)49-52-50(34-15-6-2-7-16-34)54-51(53-49)39-18-12-17-35(29-39)37-24-27-47-43(31-37)44-32-38(25-28-48(44)56-47)36-23-26-46-42(30-36)41-21-10-11-22-45(41)55(46)40-19-8-3-9-20-40/h1-32H. The van der Waals surface area contributed by atoms with Crippen LogP contribution in [0.15, 0.2) is 199 Å². The van der Waals surface area contributed by atoms with Gasteiger partial charge >= 0.3 is 0 Å². The topological polar surface area (TPSA) is 56.7 Å². The summed E-state index contributed by atoms with van der Waals surface area (Å²) in [5, 5.41) is 4.62. The summed E-state index contributed by atoms with van der Waals surface area (Å²) < 4.78 is 8.74. The molecule has 0 aliphatic carbocycles. The maximum absolute atomic E-state index is 6.39. The third kappa shape index (κ3) is 5.45. The zero-order valence-corrected chi connectivity index (χ0v) is 30.2. The molecule has 0 saturated heterocycles. The second kappa shape index (κ2) is 13.0. The van der Waals surface area contributed by atoms with Crippen molar-refractivity contribution in [2.75, 3.05) is 0 Å². The molecule has 8 aromatic carbocycles. The molecule has 5 nitrogen and oxygen atoms in total. The van der Waals surface area contributed by atoms with Gasteiger partial charge < -0.3 is 8.98 Å². The Morgan fingerprint density at radius 3 is 1.38 bits per heavy atom. The molecular weight excluding hydrogens is 685 g/mol. The molecule has 0 aliphatic rings. The highest BCUT2D eigenvalue weighted by molar-refractivity contribution is 6.11. The highest BCUT2D eigenvalue weighted by Crippen LogP contribution is 2.38. The fraction of sp³-hybridized carbons (Fsp3) is 0. The Labute approximate surface area is 322 Å². The van der Waals surface area contributed by atoms with Crippen LogP contribution in [-0.2, 0) is 0 Å². The van der Waals surface area contributed by atoms with E-state index in [1.807, 2.05) is 60.7 Å². The second-order valence-electron chi connectivity index (χ2n) is 14.1. The Kier molecular flexibility index (Phi) is 7.42. The van der Waals surface area contributed by atoms with E-state index in [9.17, 15) is 0 Å². The highest BCUT2D eigenvalue weighted by Gasteiger charge is 2.16. The number of benzene rings is 8. The molecule has 3 heterocycles. The number of para-hydroxylation sites is 2. The van der Waals surface area contributed by atoms with Gasteiger partial charge in [-0.1, -0.05) is 133 Å². The molecule has 0 spiro atoms. The Balaban J connectivity index is 0.996. The van der Waals surface area contributed by atoms with Crippen LogP contribution in [-0.4, -0.2) is 19.5 Å². The number of nitrogens with zero attached hydrogens (tertiary/aromatic N) is 4. The third-order valence-electron chi connectivity index (χ3n) is 10.6. The van der Waals surface area contributed by atoms with Gasteiger partial charge in [-0.3, -0.25) is 0 Å². The lowest BCUT2D eigenvalue weighted by atomic mass is 9.98. The van der Waals surface area contributed by atoms with Gasteiger partial charge in [0.1, 0.15) is 11.2 Å². The van der Waals surface area contributed by atoms with Crippen LogP contribution in [0.1, 0.15) is 0 Å². The summed E-state index contributed by atoms with van der Waals surface area (Å²) in [6.45, 7) is 0. The molecule has 0 amide bonds. The number of aromatic nitrogens is 4. The van der Waals surface area contributed by atoms with Crippen molar-refractivity contribution < 1.29 is 4.42 Å². The van der Waals surface area contributed by atoms with Gasteiger partial charge in [-0.15, -0.1) is 0 Å². The number of furan rings is 1. The SMILES string of the molecule is c1ccc(-c2nc(-c3ccccc3)nc(-c3cccc(-c4ccc5oc6ccc(-c7ccc8c(c7)c7ccccc7n8-c7ccccc7)cc6c5c4)c3)n2)cc1. The van der Waals surface area contributed by atoms with Gasteiger partial charge in [0.15, 0.2) is 17.5 Å². The van der Waals surface area contributed by atoms with Crippen LogP contribution >= 0.6 is 0 Å². The van der Waals surface area contributed by atoms with Crippen LogP contribution in [0.5, 0.6) is 0 Å². The van der Waals surface area contributed by atoms with Crippen LogP contribution in [0.3, 0.4) is 0 Å². The fourth-order valence-electron chi connectivity index (χ4n) is 7.92. The van der Waals surface area contributed by atoms with E-state index in [4.69, 9.17) is 19.4 Å². The third-order valence-corrected chi connectivity index (χ3v) is 10.6. The molecule has 0 saturated carbocycles. The molecule has 0 radical (unpaired) electrons. The summed E-state index contributed by atoms with van der Waals surface area (Å²) in [4.78, 5) is 14.8. The van der Waals surface area contributed by atoms with Crippen LogP contribution in [0.4, 0.5) is 0 Å². The van der Waals surface area contributed by atoms with Gasteiger partial charge in [-0.2, -0.15) is 0 Å². The Bertz CT molecular complexity index is 3180. The van der Waals surface area contributed by atoms with Crippen molar-refractivity contribution in [1.82, 2.24) is 19.5 Å². The Hall–Kier alpha value is -7.63. The van der Waals surface area contributed by atoms with E-state index >= 15 is 0 Å². The molecular formula is C51H32N4O. The average molecular weight is 717 g/mol. The predicted molar refractivity (Wildman–Crippen MR) is 229 cm³/mol. The number of hydrogen-bond donors (Lipinski definition) is 0. The lowest BCUT2D eigenvalue weighted by molar-refractivity contribution is 0.669. The molecule has 11 rings (SSSR count). The van der Waals surface area contributed by atoms with Crippen molar-refractivity contribution in [1.29, 1.82) is 0 Å². The van der Waals surface area contributed by atoms with Crippen LogP contribution < -0.4 is 0 Å². The van der Waals surface area contributed by atoms with E-state index in [1.165, 1.54) is 21.8 Å². The molecule has 56 heavy (non-hydrogen) atoms. The van der Waals surface area contributed by atoms with E-state index in [2.05, 4.69) is 138 Å². The summed E-state index contributed by atoms with van der Waals surface area (Å²) in [5.41, 5.74) is 12.5. The normalized spacial score (nSPS) is 11.6. The molecule has 11 aromatic rings. The molecule has 5 heteroatoms. The van der Waals surface area contributed by atoms with Crippen LogP contribution in [0.25, 0.3) is 106 Å². The highest BCUT2D eigenvalue weighted by atomic mass is 16.3. The Morgan fingerprint density at radius 1 is 0.304 bits per heavy atom. The van der Waals surface area contributed by atoms with Crippen molar-refractivity contribution in [3.63, 3.8) is 0 Å². The number of hydrogen-bond acceptors (Lipinski definition) is 4. The Morgan fingerprint density at radius 2 is 0.750 bits per heavy atom. The summed E-state index contributed by atoms with van der Waals surface area (Å²) in [6, 6.07) is 67.6. The summed E-state index contributed by atoms with van der Waals surface area (Å²) >= 11 is 0. The van der Waals surface area contributed by atoms with Crippen molar-refractivity contribution in [2.24, 2.45) is 0 Å². The molecule has 0 atom stereocenters. The smallest absolute Gasteiger partial charge is 0.164 e.